The van der Waals surface area contributed by atoms with Gasteiger partial charge in [-0.1, -0.05) is 30.3 Å². The largest absolute Gasteiger partial charge is 0.480 e. The van der Waals surface area contributed by atoms with Crippen LogP contribution in [0.2, 0.25) is 0 Å². The highest BCUT2D eigenvalue weighted by atomic mass is 16.6. The minimum atomic E-state index is -2.45. The summed E-state index contributed by atoms with van der Waals surface area (Å²) in [6, 6.07) is 6.67. The molecule has 1 saturated heterocycles. The molecule has 1 aliphatic heterocycles. The number of barbiturate groups is 1. The number of carboxylic acid groups (broad SMARTS) is 1. The van der Waals surface area contributed by atoms with Crippen LogP contribution < -0.4 is 0 Å². The average molecular weight is 374 g/mol. The SMILES string of the molecule is CN1C(=O)N(C)C(=O)C(OC(=O)C2(C(=O)O)CCC2)(c2ccccc2)C1=O. The number of carboxylic acids is 1. The van der Waals surface area contributed by atoms with Crippen LogP contribution in [0.15, 0.2) is 30.3 Å². The fourth-order valence-corrected chi connectivity index (χ4v) is 3.30. The first kappa shape index (κ1) is 18.6. The Morgan fingerprint density at radius 2 is 1.52 bits per heavy atom. The van der Waals surface area contributed by atoms with Crippen LogP contribution in [0.3, 0.4) is 0 Å². The quantitative estimate of drug-likeness (QED) is 0.609. The van der Waals surface area contributed by atoms with Crippen LogP contribution in [-0.4, -0.2) is 58.8 Å². The number of aliphatic carboxylic acids is 1. The highest BCUT2D eigenvalue weighted by molar-refractivity contribution is 6.22. The molecular weight excluding hydrogens is 356 g/mol. The lowest BCUT2D eigenvalue weighted by atomic mass is 9.68. The zero-order valence-corrected chi connectivity index (χ0v) is 14.8. The van der Waals surface area contributed by atoms with E-state index in [1.54, 1.807) is 6.07 Å². The molecule has 0 unspecified atom stereocenters. The number of carbonyl (C=O) groups excluding carboxylic acids is 4. The van der Waals surface area contributed by atoms with E-state index < -0.39 is 40.8 Å². The molecule has 0 radical (unpaired) electrons. The molecule has 1 heterocycles. The van der Waals surface area contributed by atoms with Gasteiger partial charge in [-0.05, 0) is 19.3 Å². The van der Waals surface area contributed by atoms with Gasteiger partial charge in [-0.3, -0.25) is 29.0 Å². The van der Waals surface area contributed by atoms with Crippen LogP contribution in [0.25, 0.3) is 0 Å². The zero-order chi connectivity index (χ0) is 20.0. The van der Waals surface area contributed by atoms with Crippen molar-refractivity contribution in [2.45, 2.75) is 24.9 Å². The first-order valence-corrected chi connectivity index (χ1v) is 8.31. The van der Waals surface area contributed by atoms with Gasteiger partial charge in [0.05, 0.1) is 0 Å². The summed E-state index contributed by atoms with van der Waals surface area (Å²) in [5.74, 6) is -4.62. The van der Waals surface area contributed by atoms with Crippen molar-refractivity contribution in [3.8, 4) is 0 Å². The number of amides is 4. The first-order valence-electron chi connectivity index (χ1n) is 8.31. The molecule has 1 saturated carbocycles. The molecule has 0 aromatic heterocycles. The molecule has 3 rings (SSSR count). The third-order valence-electron chi connectivity index (χ3n) is 5.22. The number of likely N-dealkylation sites (N-methyl/N-ethyl adjacent to an activating group) is 2. The molecule has 4 amide bonds. The monoisotopic (exact) mass is 374 g/mol. The van der Waals surface area contributed by atoms with E-state index in [-0.39, 0.29) is 18.4 Å². The summed E-state index contributed by atoms with van der Waals surface area (Å²) in [4.78, 5) is 63.8. The second-order valence-corrected chi connectivity index (χ2v) is 6.69. The van der Waals surface area contributed by atoms with Gasteiger partial charge in [0, 0.05) is 19.7 Å². The maximum atomic E-state index is 13.0. The standard InChI is InChI=1S/C18H18N2O7/c1-19-12(21)18(11-7-4-3-5-8-11,13(22)20(2)16(19)26)27-15(25)17(14(23)24)9-6-10-17/h3-5,7-8H,6,9-10H2,1-2H3,(H,23,24). The number of imide groups is 2. The van der Waals surface area contributed by atoms with Gasteiger partial charge in [0.1, 0.15) is 0 Å². The number of ether oxygens (including phenoxy) is 1. The number of benzene rings is 1. The highest BCUT2D eigenvalue weighted by Gasteiger charge is 2.63. The van der Waals surface area contributed by atoms with Crippen LogP contribution in [0.4, 0.5) is 4.79 Å². The fourth-order valence-electron chi connectivity index (χ4n) is 3.30. The number of nitrogens with zero attached hydrogens (tertiary/aromatic N) is 2. The molecule has 2 fully saturated rings. The molecule has 1 aromatic rings. The third kappa shape index (κ3) is 2.42. The summed E-state index contributed by atoms with van der Waals surface area (Å²) >= 11 is 0. The minimum Gasteiger partial charge on any atom is -0.480 e. The molecule has 0 bridgehead atoms. The normalized spacial score (nSPS) is 20.9. The second-order valence-electron chi connectivity index (χ2n) is 6.69. The van der Waals surface area contributed by atoms with Crippen LogP contribution >= 0.6 is 0 Å². The van der Waals surface area contributed by atoms with E-state index in [4.69, 9.17) is 4.74 Å². The number of hydrogen-bond acceptors (Lipinski definition) is 6. The number of carbonyl (C=O) groups is 5. The maximum Gasteiger partial charge on any atom is 0.333 e. The predicted octanol–water partition coefficient (Wildman–Crippen LogP) is 0.730. The van der Waals surface area contributed by atoms with E-state index >= 15 is 0 Å². The Kier molecular flexibility index (Phi) is 4.25. The highest BCUT2D eigenvalue weighted by Crippen LogP contribution is 2.45. The van der Waals surface area contributed by atoms with Gasteiger partial charge in [-0.15, -0.1) is 0 Å². The second kappa shape index (κ2) is 6.19. The van der Waals surface area contributed by atoms with Crippen molar-refractivity contribution in [2.24, 2.45) is 5.41 Å². The van der Waals surface area contributed by atoms with Crippen molar-refractivity contribution >= 4 is 29.8 Å². The third-order valence-corrected chi connectivity index (χ3v) is 5.22. The van der Waals surface area contributed by atoms with E-state index in [9.17, 15) is 29.1 Å². The Morgan fingerprint density at radius 3 is 1.93 bits per heavy atom. The predicted molar refractivity (Wildman–Crippen MR) is 89.1 cm³/mol. The van der Waals surface area contributed by atoms with E-state index in [1.807, 2.05) is 0 Å². The van der Waals surface area contributed by atoms with Gasteiger partial charge in [-0.2, -0.15) is 0 Å². The van der Waals surface area contributed by atoms with E-state index in [0.29, 0.717) is 16.2 Å². The van der Waals surface area contributed by atoms with Gasteiger partial charge in [0.2, 0.25) is 0 Å². The van der Waals surface area contributed by atoms with E-state index in [0.717, 1.165) is 14.1 Å². The van der Waals surface area contributed by atoms with Crippen molar-refractivity contribution in [1.29, 1.82) is 0 Å². The lowest BCUT2D eigenvalue weighted by molar-refractivity contribution is -0.199. The van der Waals surface area contributed by atoms with E-state index in [1.165, 1.54) is 24.3 Å². The van der Waals surface area contributed by atoms with Crippen molar-refractivity contribution < 1.29 is 33.8 Å². The molecule has 1 aromatic carbocycles. The average Bonchev–Trinajstić information content (AvgIpc) is 2.61. The number of hydrogen-bond donors (Lipinski definition) is 1. The lowest BCUT2D eigenvalue weighted by Crippen LogP contribution is -2.67. The Balaban J connectivity index is 2.14. The van der Waals surface area contributed by atoms with Crippen LogP contribution in [0, 0.1) is 5.41 Å². The number of esters is 1. The first-order chi connectivity index (χ1) is 12.7. The van der Waals surface area contributed by atoms with Gasteiger partial charge >= 0.3 is 18.0 Å². The Hall–Kier alpha value is -3.23. The van der Waals surface area contributed by atoms with Gasteiger partial charge in [-0.25, -0.2) is 4.79 Å². The lowest BCUT2D eigenvalue weighted by Gasteiger charge is -2.43. The van der Waals surface area contributed by atoms with Crippen molar-refractivity contribution in [3.63, 3.8) is 0 Å². The Labute approximate surface area is 154 Å². The molecule has 0 spiro atoms. The molecule has 9 nitrogen and oxygen atoms in total. The molecule has 0 atom stereocenters. The number of urea groups is 1. The summed E-state index contributed by atoms with van der Waals surface area (Å²) in [6.45, 7) is 0. The van der Waals surface area contributed by atoms with Crippen LogP contribution in [0.5, 0.6) is 0 Å². The summed E-state index contributed by atoms with van der Waals surface area (Å²) < 4.78 is 5.39. The van der Waals surface area contributed by atoms with Crippen molar-refractivity contribution in [3.05, 3.63) is 35.9 Å². The fraction of sp³-hybridized carbons (Fsp3) is 0.389. The summed E-state index contributed by atoms with van der Waals surface area (Å²) in [6.07, 6.45) is 0.623. The molecular formula is C18H18N2O7. The molecule has 142 valence electrons. The molecule has 2 aliphatic rings. The van der Waals surface area contributed by atoms with Gasteiger partial charge in [0.15, 0.2) is 5.41 Å². The zero-order valence-electron chi connectivity index (χ0n) is 14.8. The van der Waals surface area contributed by atoms with Crippen LogP contribution in [0.1, 0.15) is 24.8 Å². The van der Waals surface area contributed by atoms with Crippen molar-refractivity contribution in [2.75, 3.05) is 14.1 Å². The minimum absolute atomic E-state index is 0.0411. The maximum absolute atomic E-state index is 13.0. The Morgan fingerprint density at radius 1 is 1.00 bits per heavy atom. The van der Waals surface area contributed by atoms with E-state index in [2.05, 4.69) is 0 Å². The van der Waals surface area contributed by atoms with Gasteiger partial charge in [0.25, 0.3) is 17.4 Å². The summed E-state index contributed by atoms with van der Waals surface area (Å²) in [5.41, 5.74) is -4.20. The smallest absolute Gasteiger partial charge is 0.333 e. The van der Waals surface area contributed by atoms with Crippen LogP contribution in [-0.2, 0) is 29.5 Å². The molecule has 9 heteroatoms. The van der Waals surface area contributed by atoms with Crippen molar-refractivity contribution in [1.82, 2.24) is 9.80 Å². The molecule has 1 N–H and O–H groups in total. The molecule has 27 heavy (non-hydrogen) atoms. The summed E-state index contributed by atoms with van der Waals surface area (Å²) in [5, 5.41) is 9.47. The van der Waals surface area contributed by atoms with Gasteiger partial charge < -0.3 is 9.84 Å². The topological polar surface area (TPSA) is 121 Å². The Bertz CT molecular complexity index is 821. The summed E-state index contributed by atoms with van der Waals surface area (Å²) in [7, 11) is 2.32. The molecule has 1 aliphatic carbocycles. The number of rotatable bonds is 4.